The minimum Gasteiger partial charge on any atom is -0.508 e. The summed E-state index contributed by atoms with van der Waals surface area (Å²) in [5.41, 5.74) is 7.47. The molecule has 7 heteroatoms. The number of hydrogen-bond donors (Lipinski definition) is 2. The number of nitrogens with two attached hydrogens (primary N) is 1. The highest BCUT2D eigenvalue weighted by Gasteiger charge is 2.21. The number of hydrogen-bond acceptors (Lipinski definition) is 7. The van der Waals surface area contributed by atoms with Crippen LogP contribution < -0.4 is 5.73 Å². The smallest absolute Gasteiger partial charge is 0.173 e. The van der Waals surface area contributed by atoms with Crippen LogP contribution >= 0.6 is 11.8 Å². The molecule has 3 aromatic rings. The molecule has 28 heavy (non-hydrogen) atoms. The maximum atomic E-state index is 12.4. The average Bonchev–Trinajstić information content (AvgIpc) is 2.72. The number of phenolic OH excluding ortho intramolecular Hbond substituents is 1. The molecule has 0 fully saturated rings. The fraction of sp³-hybridized carbons (Fsp3) is 0.0476. The number of phenols is 1. The van der Waals surface area contributed by atoms with E-state index in [0.29, 0.717) is 16.7 Å². The second-order valence-electron chi connectivity index (χ2n) is 5.78. The summed E-state index contributed by atoms with van der Waals surface area (Å²) in [4.78, 5) is 16.5. The molecule has 136 valence electrons. The van der Waals surface area contributed by atoms with Crippen molar-refractivity contribution in [1.29, 1.82) is 10.5 Å². The van der Waals surface area contributed by atoms with Gasteiger partial charge < -0.3 is 10.8 Å². The molecule has 1 heterocycles. The number of anilines is 1. The van der Waals surface area contributed by atoms with E-state index in [0.717, 1.165) is 11.8 Å². The van der Waals surface area contributed by atoms with Gasteiger partial charge in [-0.15, -0.1) is 0 Å². The molecule has 0 saturated heterocycles. The molecule has 0 aliphatic rings. The first-order valence-corrected chi connectivity index (χ1v) is 9.17. The number of nitrogens with zero attached hydrogens (tertiary/aromatic N) is 3. The number of ketones is 1. The summed E-state index contributed by atoms with van der Waals surface area (Å²) >= 11 is 1.09. The maximum absolute atomic E-state index is 12.4. The third-order valence-corrected chi connectivity index (χ3v) is 4.96. The zero-order chi connectivity index (χ0) is 20.1. The van der Waals surface area contributed by atoms with E-state index in [1.165, 1.54) is 12.1 Å². The summed E-state index contributed by atoms with van der Waals surface area (Å²) in [7, 11) is 0. The predicted octanol–water partition coefficient (Wildman–Crippen LogP) is 3.75. The number of aromatic hydroxyl groups is 1. The molecule has 3 rings (SSSR count). The Morgan fingerprint density at radius 3 is 2.43 bits per heavy atom. The van der Waals surface area contributed by atoms with Crippen LogP contribution in [0.3, 0.4) is 0 Å². The molecule has 2 aromatic carbocycles. The lowest BCUT2D eigenvalue weighted by Gasteiger charge is -2.13. The number of nitrogen functional groups attached to an aromatic ring is 1. The fourth-order valence-corrected chi connectivity index (χ4v) is 3.58. The van der Waals surface area contributed by atoms with E-state index in [1.54, 1.807) is 36.4 Å². The van der Waals surface area contributed by atoms with Gasteiger partial charge in [-0.1, -0.05) is 54.2 Å². The highest BCUT2D eigenvalue weighted by molar-refractivity contribution is 8.00. The number of benzene rings is 2. The average molecular weight is 386 g/mol. The van der Waals surface area contributed by atoms with Gasteiger partial charge in [-0.3, -0.25) is 4.79 Å². The minimum atomic E-state index is -0.113. The first-order valence-electron chi connectivity index (χ1n) is 8.19. The normalized spacial score (nSPS) is 10.1. The number of carbonyl (C=O) groups excluding carboxylic acids is 1. The highest BCUT2D eigenvalue weighted by atomic mass is 32.2. The number of rotatable bonds is 5. The van der Waals surface area contributed by atoms with E-state index < -0.39 is 0 Å². The Morgan fingerprint density at radius 2 is 1.79 bits per heavy atom. The Kier molecular flexibility index (Phi) is 5.59. The lowest BCUT2D eigenvalue weighted by Crippen LogP contribution is -2.06. The SMILES string of the molecule is N#Cc1c(N)nc(SCC(=O)c2ccccc2)c(C#N)c1-c1cccc(O)c1. The minimum absolute atomic E-state index is 0.00544. The van der Waals surface area contributed by atoms with Crippen LogP contribution in [0.2, 0.25) is 0 Å². The van der Waals surface area contributed by atoms with Gasteiger partial charge in [0, 0.05) is 11.1 Å². The van der Waals surface area contributed by atoms with Crippen molar-refractivity contribution < 1.29 is 9.90 Å². The van der Waals surface area contributed by atoms with Gasteiger partial charge in [0.15, 0.2) is 5.78 Å². The lowest BCUT2D eigenvalue weighted by molar-refractivity contribution is 0.102. The summed E-state index contributed by atoms with van der Waals surface area (Å²) in [5, 5.41) is 29.3. The number of nitriles is 2. The van der Waals surface area contributed by atoms with Gasteiger partial charge in [0.25, 0.3) is 0 Å². The first-order chi connectivity index (χ1) is 13.5. The molecule has 0 atom stereocenters. The molecule has 0 amide bonds. The van der Waals surface area contributed by atoms with Crippen molar-refractivity contribution in [1.82, 2.24) is 4.98 Å². The largest absolute Gasteiger partial charge is 0.508 e. The molecule has 0 unspecified atom stereocenters. The summed E-state index contributed by atoms with van der Waals surface area (Å²) < 4.78 is 0. The van der Waals surface area contributed by atoms with Crippen LogP contribution in [0.25, 0.3) is 11.1 Å². The predicted molar refractivity (Wildman–Crippen MR) is 107 cm³/mol. The van der Waals surface area contributed by atoms with Crippen molar-refractivity contribution in [2.24, 2.45) is 0 Å². The molecule has 0 bridgehead atoms. The fourth-order valence-electron chi connectivity index (χ4n) is 2.69. The Hall–Kier alpha value is -3.81. The van der Waals surface area contributed by atoms with Crippen LogP contribution in [-0.2, 0) is 0 Å². The van der Waals surface area contributed by atoms with Crippen LogP contribution in [0, 0.1) is 22.7 Å². The monoisotopic (exact) mass is 386 g/mol. The summed E-state index contributed by atoms with van der Waals surface area (Å²) in [6, 6.07) is 19.0. The second-order valence-corrected chi connectivity index (χ2v) is 6.74. The van der Waals surface area contributed by atoms with Crippen LogP contribution in [-0.4, -0.2) is 21.6 Å². The number of thioether (sulfide) groups is 1. The number of carbonyl (C=O) groups is 1. The number of aromatic nitrogens is 1. The van der Waals surface area contributed by atoms with E-state index in [4.69, 9.17) is 5.73 Å². The van der Waals surface area contributed by atoms with Crippen molar-refractivity contribution in [3.05, 3.63) is 71.3 Å². The molecule has 0 aliphatic carbocycles. The first kappa shape index (κ1) is 19.0. The highest BCUT2D eigenvalue weighted by Crippen LogP contribution is 2.36. The van der Waals surface area contributed by atoms with E-state index in [2.05, 4.69) is 11.1 Å². The molecule has 0 spiro atoms. The van der Waals surface area contributed by atoms with Crippen LogP contribution in [0.4, 0.5) is 5.82 Å². The molecular formula is C21H14N4O2S. The second kappa shape index (κ2) is 8.26. The van der Waals surface area contributed by atoms with Crippen molar-refractivity contribution in [3.63, 3.8) is 0 Å². The van der Waals surface area contributed by atoms with Gasteiger partial charge >= 0.3 is 0 Å². The zero-order valence-corrected chi connectivity index (χ0v) is 15.4. The third kappa shape index (κ3) is 3.80. The Labute approximate surface area is 165 Å². The molecule has 0 aliphatic heterocycles. The van der Waals surface area contributed by atoms with Crippen molar-refractivity contribution in [2.45, 2.75) is 5.03 Å². The van der Waals surface area contributed by atoms with Crippen LogP contribution in [0.15, 0.2) is 59.6 Å². The number of pyridine rings is 1. The maximum Gasteiger partial charge on any atom is 0.173 e. The molecular weight excluding hydrogens is 372 g/mol. The van der Waals surface area contributed by atoms with Gasteiger partial charge in [0.2, 0.25) is 0 Å². The topological polar surface area (TPSA) is 124 Å². The number of Topliss-reactive ketones (excluding diaryl/α,β-unsaturated/α-hetero) is 1. The molecule has 3 N–H and O–H groups in total. The van der Waals surface area contributed by atoms with Gasteiger partial charge in [0.1, 0.15) is 34.3 Å². The Bertz CT molecular complexity index is 1130. The van der Waals surface area contributed by atoms with Gasteiger partial charge in [0.05, 0.1) is 11.3 Å². The Morgan fingerprint density at radius 1 is 1.07 bits per heavy atom. The van der Waals surface area contributed by atoms with Crippen molar-refractivity contribution in [3.8, 4) is 29.0 Å². The van der Waals surface area contributed by atoms with Gasteiger partial charge in [-0.05, 0) is 17.7 Å². The molecule has 1 aromatic heterocycles. The zero-order valence-electron chi connectivity index (χ0n) is 14.6. The van der Waals surface area contributed by atoms with Crippen LogP contribution in [0.1, 0.15) is 21.5 Å². The van der Waals surface area contributed by atoms with E-state index in [-0.39, 0.29) is 39.3 Å². The molecule has 0 saturated carbocycles. The van der Waals surface area contributed by atoms with Crippen molar-refractivity contribution >= 4 is 23.4 Å². The van der Waals surface area contributed by atoms with Crippen molar-refractivity contribution in [2.75, 3.05) is 11.5 Å². The molecule has 0 radical (unpaired) electrons. The summed E-state index contributed by atoms with van der Waals surface area (Å²) in [6.45, 7) is 0. The van der Waals surface area contributed by atoms with E-state index in [9.17, 15) is 20.4 Å². The van der Waals surface area contributed by atoms with Gasteiger partial charge in [-0.2, -0.15) is 10.5 Å². The Balaban J connectivity index is 2.04. The summed E-state index contributed by atoms with van der Waals surface area (Å²) in [6.07, 6.45) is 0. The van der Waals surface area contributed by atoms with Crippen LogP contribution in [0.5, 0.6) is 5.75 Å². The third-order valence-electron chi connectivity index (χ3n) is 3.99. The van der Waals surface area contributed by atoms with E-state index >= 15 is 0 Å². The molecule has 6 nitrogen and oxygen atoms in total. The quantitative estimate of drug-likeness (QED) is 0.505. The standard InChI is InChI=1S/C21H14N4O2S/c22-10-16-19(14-7-4-8-15(26)9-14)17(11-23)21(25-20(16)24)28-12-18(27)13-5-2-1-3-6-13/h1-9,26H,12H2,(H2,24,25). The summed E-state index contributed by atoms with van der Waals surface area (Å²) in [5.74, 6) is -0.0852. The lowest BCUT2D eigenvalue weighted by atomic mass is 9.97. The van der Waals surface area contributed by atoms with Gasteiger partial charge in [-0.25, -0.2) is 4.98 Å². The van der Waals surface area contributed by atoms with E-state index in [1.807, 2.05) is 12.1 Å².